The molecule has 582 valence electrons. The van der Waals surface area contributed by atoms with Gasteiger partial charge in [-0.05, 0) is 174 Å². The van der Waals surface area contributed by atoms with E-state index in [4.69, 9.17) is 4.74 Å². The van der Waals surface area contributed by atoms with Crippen LogP contribution in [0.25, 0.3) is 0 Å². The summed E-state index contributed by atoms with van der Waals surface area (Å²) in [6.07, 6.45) is 89.3. The Morgan fingerprint density at radius 3 is 1.02 bits per heavy atom. The minimum Gasteiger partial charge on any atom is -0.464 e. The fourth-order valence-corrected chi connectivity index (χ4v) is 15.3. The summed E-state index contributed by atoms with van der Waals surface area (Å²) in [7, 11) is 3.97. The molecule has 0 aliphatic carbocycles. The summed E-state index contributed by atoms with van der Waals surface area (Å²) >= 11 is 0. The van der Waals surface area contributed by atoms with Gasteiger partial charge >= 0.3 is 5.97 Å². The van der Waals surface area contributed by atoms with E-state index in [1.54, 1.807) is 0 Å². The first-order valence-corrected chi connectivity index (χ1v) is 44.9. The van der Waals surface area contributed by atoms with Crippen LogP contribution in [-0.2, 0) is 9.53 Å². The van der Waals surface area contributed by atoms with Crippen LogP contribution in [-0.4, -0.2) is 167 Å². The lowest BCUT2D eigenvalue weighted by atomic mass is 10.1. The number of aliphatic hydroxyl groups is 4. The molecular weight excluding hydrogens is 1270 g/mol. The van der Waals surface area contributed by atoms with E-state index < -0.39 is 12.2 Å². The molecule has 1 aliphatic rings. The number of rotatable bonds is 76. The summed E-state index contributed by atoms with van der Waals surface area (Å²) < 4.78 is 5.78. The van der Waals surface area contributed by atoms with E-state index in [2.05, 4.69) is 145 Å². The van der Waals surface area contributed by atoms with Crippen molar-refractivity contribution >= 4 is 27.6 Å². The second-order valence-electron chi connectivity index (χ2n) is 29.1. The van der Waals surface area contributed by atoms with Gasteiger partial charge in [-0.1, -0.05) is 288 Å². The van der Waals surface area contributed by atoms with Gasteiger partial charge in [0.1, 0.15) is 6.61 Å². The Balaban J connectivity index is 2.47. The number of carbonyl (C=O) groups excluding carboxylic acids is 1. The summed E-state index contributed by atoms with van der Waals surface area (Å²) in [5, 5.41) is 44.8. The van der Waals surface area contributed by atoms with Gasteiger partial charge in [-0.3, -0.25) is 24.4 Å². The lowest BCUT2D eigenvalue weighted by molar-refractivity contribution is -0.144. The number of carbonyl (C=O) groups is 1. The van der Waals surface area contributed by atoms with Crippen LogP contribution in [0, 0.1) is 0 Å². The molecule has 0 saturated carbocycles. The third-order valence-corrected chi connectivity index (χ3v) is 21.8. The molecular formula is C88H162N4O6S2. The number of hydrogen-bond donors (Lipinski definition) is 4. The van der Waals surface area contributed by atoms with Gasteiger partial charge in [0.25, 0.3) is 0 Å². The largest absolute Gasteiger partial charge is 0.464 e. The molecule has 10 nitrogen and oxygen atoms in total. The van der Waals surface area contributed by atoms with Crippen molar-refractivity contribution in [3.8, 4) is 0 Å². The van der Waals surface area contributed by atoms with Crippen LogP contribution in [0.15, 0.2) is 97.2 Å². The quantitative estimate of drug-likeness (QED) is 0.0201. The Hall–Kier alpha value is -2.23. The highest BCUT2D eigenvalue weighted by molar-refractivity contribution is 8.76. The van der Waals surface area contributed by atoms with Gasteiger partial charge in [-0.2, -0.15) is 0 Å². The normalized spacial score (nSPS) is 15.1. The molecule has 1 saturated heterocycles. The highest BCUT2D eigenvalue weighted by Crippen LogP contribution is 2.24. The minimum absolute atomic E-state index is 0.151. The number of hydrogen-bond acceptors (Lipinski definition) is 12. The van der Waals surface area contributed by atoms with E-state index in [0.29, 0.717) is 52.2 Å². The third kappa shape index (κ3) is 70.1. The molecule has 0 spiro atoms. The summed E-state index contributed by atoms with van der Waals surface area (Å²) in [5.74, 6) is 2.07. The van der Waals surface area contributed by atoms with Gasteiger partial charge in [-0.15, -0.1) is 0 Å². The smallest absolute Gasteiger partial charge is 0.305 e. The van der Waals surface area contributed by atoms with Crippen LogP contribution >= 0.6 is 21.6 Å². The van der Waals surface area contributed by atoms with E-state index in [0.717, 1.165) is 211 Å². The molecule has 1 heterocycles. The lowest BCUT2D eigenvalue weighted by Crippen LogP contribution is -2.47. The Bertz CT molecular complexity index is 1850. The number of aliphatic hydroxyl groups excluding tert-OH is 4. The van der Waals surface area contributed by atoms with Crippen molar-refractivity contribution in [3.05, 3.63) is 97.2 Å². The second-order valence-corrected chi connectivity index (χ2v) is 31.8. The lowest BCUT2D eigenvalue weighted by Gasteiger charge is -2.34. The fourth-order valence-electron chi connectivity index (χ4n) is 13.1. The maximum Gasteiger partial charge on any atom is 0.305 e. The van der Waals surface area contributed by atoms with Gasteiger partial charge < -0.3 is 25.2 Å². The van der Waals surface area contributed by atoms with Gasteiger partial charge in [0, 0.05) is 83.4 Å². The molecule has 4 atom stereocenters. The molecule has 4 unspecified atom stereocenters. The zero-order valence-electron chi connectivity index (χ0n) is 65.8. The van der Waals surface area contributed by atoms with Crippen LogP contribution in [0.2, 0.25) is 0 Å². The van der Waals surface area contributed by atoms with Gasteiger partial charge in [0.2, 0.25) is 0 Å². The zero-order valence-corrected chi connectivity index (χ0v) is 67.4. The zero-order chi connectivity index (χ0) is 72.2. The predicted molar refractivity (Wildman–Crippen MR) is 443 cm³/mol. The van der Waals surface area contributed by atoms with Crippen LogP contribution < -0.4 is 0 Å². The van der Waals surface area contributed by atoms with E-state index >= 15 is 0 Å². The molecule has 100 heavy (non-hydrogen) atoms. The van der Waals surface area contributed by atoms with E-state index in [-0.39, 0.29) is 18.2 Å². The van der Waals surface area contributed by atoms with Gasteiger partial charge in [0.15, 0.2) is 0 Å². The van der Waals surface area contributed by atoms with Crippen LogP contribution in [0.3, 0.4) is 0 Å². The molecule has 0 amide bonds. The molecule has 0 aromatic carbocycles. The van der Waals surface area contributed by atoms with Crippen molar-refractivity contribution in [1.82, 2.24) is 19.6 Å². The van der Waals surface area contributed by atoms with Crippen molar-refractivity contribution in [3.63, 3.8) is 0 Å². The molecule has 0 bridgehead atoms. The van der Waals surface area contributed by atoms with Crippen molar-refractivity contribution in [2.75, 3.05) is 96.6 Å². The van der Waals surface area contributed by atoms with Crippen molar-refractivity contribution in [2.24, 2.45) is 0 Å². The van der Waals surface area contributed by atoms with Crippen LogP contribution in [0.4, 0.5) is 0 Å². The number of unbranched alkanes of at least 4 members (excludes halogenated alkanes) is 29. The molecule has 0 aromatic heterocycles. The number of nitrogens with zero attached hydrogens (tertiary/aromatic N) is 4. The van der Waals surface area contributed by atoms with Crippen molar-refractivity contribution in [2.45, 2.75) is 360 Å². The Labute approximate surface area is 627 Å². The van der Waals surface area contributed by atoms with Gasteiger partial charge in [0.05, 0.1) is 24.4 Å². The summed E-state index contributed by atoms with van der Waals surface area (Å²) in [6, 6.07) is 0. The van der Waals surface area contributed by atoms with Crippen LogP contribution in [0.1, 0.15) is 336 Å². The topological polar surface area (TPSA) is 120 Å². The van der Waals surface area contributed by atoms with E-state index in [9.17, 15) is 25.2 Å². The number of allylic oxidation sites excluding steroid dienone is 16. The van der Waals surface area contributed by atoms with Gasteiger partial charge in [-0.25, -0.2) is 0 Å². The van der Waals surface area contributed by atoms with Crippen molar-refractivity contribution in [1.29, 1.82) is 0 Å². The second kappa shape index (κ2) is 77.9. The third-order valence-electron chi connectivity index (χ3n) is 19.4. The maximum absolute atomic E-state index is 13.0. The first kappa shape index (κ1) is 95.8. The highest BCUT2D eigenvalue weighted by atomic mass is 33.1. The number of esters is 1. The standard InChI is InChI=1S/C88H162N4O6S2/c1-5-9-13-17-21-25-29-33-37-41-45-49-53-57-64-84(93)80-91(81-85(94)65-58-54-50-46-42-38-34-30-26-22-18-14-10-6-2)69-61-62-78-99-100-79-76-90-73-71-89(72-74-90)75-77-98-88(97)68-63-70-92(82-86(95)66-59-55-51-47-43-39-35-31-27-23-19-15-11-7-3)83-87(96)67-60-56-52-48-44-40-36-32-28-24-20-16-12-8-4/h9-10,13-14,21-22,25-26,33-40,84-87,93-96H,5-8,11-12,15-20,23-24,27-32,41-83H2,1-4H3/b13-9-,14-10-,25-21-,26-22-,37-33-,38-34-,39-35-,40-36-. The molecule has 1 aliphatic heterocycles. The summed E-state index contributed by atoms with van der Waals surface area (Å²) in [4.78, 5) is 22.6. The Morgan fingerprint density at radius 1 is 0.350 bits per heavy atom. The number of ether oxygens (including phenoxy) is 1. The Kier molecular flexibility index (Phi) is 74.6. The monoisotopic (exact) mass is 1440 g/mol. The summed E-state index contributed by atoms with van der Waals surface area (Å²) in [6.45, 7) is 19.2. The predicted octanol–water partition coefficient (Wildman–Crippen LogP) is 22.8. The Morgan fingerprint density at radius 2 is 0.650 bits per heavy atom. The molecule has 1 fully saturated rings. The SMILES string of the molecule is CC/C=C\C/C=C\C/C=C\CCCCCCC(O)CN(CCCCSSCCN1CCN(CCOC(=O)CCCN(CC(O)CCCCCC/C=C\CCCCCCCC)CC(O)CCCCCC/C=C\CCCCCCCC)CC1)CC(O)CCCCCC/C=C\C/C=C\C/C=C\CC. The molecule has 0 aromatic rings. The average Bonchev–Trinajstić information content (AvgIpc) is 1.08. The number of piperazine rings is 1. The van der Waals surface area contributed by atoms with E-state index in [1.165, 1.54) is 141 Å². The molecule has 1 rings (SSSR count). The van der Waals surface area contributed by atoms with Crippen molar-refractivity contribution < 1.29 is 30.0 Å². The van der Waals surface area contributed by atoms with Crippen LogP contribution in [0.5, 0.6) is 0 Å². The molecule has 12 heteroatoms. The summed E-state index contributed by atoms with van der Waals surface area (Å²) in [5.41, 5.74) is 0. The van der Waals surface area contributed by atoms with E-state index in [1.807, 2.05) is 21.6 Å². The molecule has 4 N–H and O–H groups in total. The first-order valence-electron chi connectivity index (χ1n) is 42.4. The minimum atomic E-state index is -0.433. The highest BCUT2D eigenvalue weighted by Gasteiger charge is 2.20. The first-order chi connectivity index (χ1) is 49.2. The fraction of sp³-hybridized carbons (Fsp3) is 0.807. The molecule has 0 radical (unpaired) electrons. The maximum atomic E-state index is 13.0. The average molecular weight is 1440 g/mol.